The van der Waals surface area contributed by atoms with Crippen molar-refractivity contribution in [3.05, 3.63) is 53.1 Å². The van der Waals surface area contributed by atoms with Gasteiger partial charge in [0.15, 0.2) is 0 Å². The first-order chi connectivity index (χ1) is 10.5. The Hall–Kier alpha value is -2.20. The van der Waals surface area contributed by atoms with Gasteiger partial charge in [0.2, 0.25) is 0 Å². The van der Waals surface area contributed by atoms with Crippen LogP contribution in [0.2, 0.25) is 5.02 Å². The van der Waals surface area contributed by atoms with Crippen molar-refractivity contribution in [1.82, 2.24) is 0 Å². The van der Waals surface area contributed by atoms with Crippen molar-refractivity contribution < 1.29 is 9.53 Å². The van der Waals surface area contributed by atoms with E-state index < -0.39 is 0 Å². The van der Waals surface area contributed by atoms with Crippen LogP contribution in [0, 0.1) is 0 Å². The molecule has 1 atom stereocenters. The van der Waals surface area contributed by atoms with Gasteiger partial charge in [0.25, 0.3) is 5.91 Å². The first-order valence-corrected chi connectivity index (χ1v) is 7.50. The fourth-order valence-corrected chi connectivity index (χ4v) is 1.94. The lowest BCUT2D eigenvalue weighted by molar-refractivity contribution is 0.102. The zero-order chi connectivity index (χ0) is 16.1. The predicted molar refractivity (Wildman–Crippen MR) is 90.6 cm³/mol. The summed E-state index contributed by atoms with van der Waals surface area (Å²) in [6.07, 6.45) is 1.08. The second kappa shape index (κ2) is 7.18. The van der Waals surface area contributed by atoms with Crippen LogP contribution in [0.3, 0.4) is 0 Å². The highest BCUT2D eigenvalue weighted by Gasteiger charge is 2.08. The fraction of sp³-hybridized carbons (Fsp3) is 0.235. The highest BCUT2D eigenvalue weighted by molar-refractivity contribution is 6.33. The second-order valence-corrected chi connectivity index (χ2v) is 5.46. The molecule has 1 amide bonds. The van der Waals surface area contributed by atoms with Gasteiger partial charge in [-0.15, -0.1) is 0 Å². The monoisotopic (exact) mass is 318 g/mol. The van der Waals surface area contributed by atoms with Crippen LogP contribution in [-0.4, -0.2) is 12.0 Å². The van der Waals surface area contributed by atoms with Gasteiger partial charge in [-0.3, -0.25) is 4.79 Å². The molecule has 22 heavy (non-hydrogen) atoms. The Labute approximate surface area is 135 Å². The number of benzene rings is 2. The zero-order valence-corrected chi connectivity index (χ0v) is 13.4. The van der Waals surface area contributed by atoms with Gasteiger partial charge >= 0.3 is 0 Å². The van der Waals surface area contributed by atoms with E-state index in [1.54, 1.807) is 42.5 Å². The van der Waals surface area contributed by atoms with E-state index in [1.807, 2.05) is 6.92 Å². The van der Waals surface area contributed by atoms with Crippen LogP contribution in [0.15, 0.2) is 42.5 Å². The minimum absolute atomic E-state index is 0.150. The lowest BCUT2D eigenvalue weighted by Crippen LogP contribution is -2.13. The topological polar surface area (TPSA) is 64.3 Å². The summed E-state index contributed by atoms with van der Waals surface area (Å²) < 4.78 is 5.68. The Kier molecular flexibility index (Phi) is 5.28. The molecule has 0 saturated carbocycles. The van der Waals surface area contributed by atoms with E-state index in [2.05, 4.69) is 12.2 Å². The summed E-state index contributed by atoms with van der Waals surface area (Å²) in [5.41, 5.74) is 7.29. The first-order valence-electron chi connectivity index (χ1n) is 7.12. The maximum Gasteiger partial charge on any atom is 0.255 e. The maximum absolute atomic E-state index is 12.2. The van der Waals surface area contributed by atoms with E-state index in [0.29, 0.717) is 22.0 Å². The van der Waals surface area contributed by atoms with Crippen molar-refractivity contribution in [3.63, 3.8) is 0 Å². The third-order valence-corrected chi connectivity index (χ3v) is 3.63. The summed E-state index contributed by atoms with van der Waals surface area (Å²) in [5.74, 6) is 0.540. The number of ether oxygens (including phenoxy) is 1. The van der Waals surface area contributed by atoms with Crippen molar-refractivity contribution in [3.8, 4) is 5.75 Å². The lowest BCUT2D eigenvalue weighted by atomic mass is 10.2. The van der Waals surface area contributed by atoms with Crippen LogP contribution in [0.5, 0.6) is 5.75 Å². The number of nitrogen functional groups attached to an aromatic ring is 1. The van der Waals surface area contributed by atoms with E-state index in [0.717, 1.165) is 12.2 Å². The summed E-state index contributed by atoms with van der Waals surface area (Å²) in [5, 5.41) is 3.24. The number of rotatable bonds is 5. The highest BCUT2D eigenvalue weighted by atomic mass is 35.5. The molecule has 0 aliphatic rings. The van der Waals surface area contributed by atoms with Crippen LogP contribution < -0.4 is 15.8 Å². The molecule has 116 valence electrons. The Morgan fingerprint density at radius 2 is 1.95 bits per heavy atom. The average Bonchev–Trinajstić information content (AvgIpc) is 2.51. The lowest BCUT2D eigenvalue weighted by Gasteiger charge is -2.13. The SMILES string of the molecule is CC[C@@H](C)Oc1ccc(C(=O)Nc2ccc(Cl)c(N)c2)cc1. The van der Waals surface area contributed by atoms with Crippen molar-refractivity contribution in [2.45, 2.75) is 26.4 Å². The number of carbonyl (C=O) groups excluding carboxylic acids is 1. The van der Waals surface area contributed by atoms with Crippen molar-refractivity contribution >= 4 is 28.9 Å². The molecule has 0 saturated heterocycles. The minimum Gasteiger partial charge on any atom is -0.491 e. The smallest absolute Gasteiger partial charge is 0.255 e. The summed E-state index contributed by atoms with van der Waals surface area (Å²) >= 11 is 5.85. The zero-order valence-electron chi connectivity index (χ0n) is 12.6. The predicted octanol–water partition coefficient (Wildman–Crippen LogP) is 4.35. The van der Waals surface area contributed by atoms with E-state index in [9.17, 15) is 4.79 Å². The van der Waals surface area contributed by atoms with Crippen molar-refractivity contribution in [2.75, 3.05) is 11.1 Å². The molecule has 0 fully saturated rings. The van der Waals surface area contributed by atoms with Crippen LogP contribution in [0.1, 0.15) is 30.6 Å². The van der Waals surface area contributed by atoms with E-state index in [1.165, 1.54) is 0 Å². The quantitative estimate of drug-likeness (QED) is 0.805. The van der Waals surface area contributed by atoms with Crippen LogP contribution >= 0.6 is 11.6 Å². The molecule has 3 N–H and O–H groups in total. The van der Waals surface area contributed by atoms with Crippen LogP contribution in [0.4, 0.5) is 11.4 Å². The molecule has 0 unspecified atom stereocenters. The van der Waals surface area contributed by atoms with Gasteiger partial charge in [-0.05, 0) is 55.8 Å². The highest BCUT2D eigenvalue weighted by Crippen LogP contribution is 2.23. The summed E-state index contributed by atoms with van der Waals surface area (Å²) in [6, 6.07) is 12.0. The Bertz CT molecular complexity index is 656. The number of hydrogen-bond acceptors (Lipinski definition) is 3. The molecule has 5 heteroatoms. The normalized spacial score (nSPS) is 11.8. The average molecular weight is 319 g/mol. The van der Waals surface area contributed by atoms with Crippen molar-refractivity contribution in [1.29, 1.82) is 0 Å². The van der Waals surface area contributed by atoms with Crippen LogP contribution in [-0.2, 0) is 0 Å². The number of hydrogen-bond donors (Lipinski definition) is 2. The molecule has 0 aliphatic carbocycles. The standard InChI is InChI=1S/C17H19ClN2O2/c1-3-11(2)22-14-7-4-12(5-8-14)17(21)20-13-6-9-15(18)16(19)10-13/h4-11H,3,19H2,1-2H3,(H,20,21)/t11-/m1/s1. The molecular formula is C17H19ClN2O2. The third-order valence-electron chi connectivity index (χ3n) is 3.28. The van der Waals surface area contributed by atoms with E-state index >= 15 is 0 Å². The molecular weight excluding hydrogens is 300 g/mol. The number of anilines is 2. The van der Waals surface area contributed by atoms with Gasteiger partial charge in [-0.1, -0.05) is 18.5 Å². The molecule has 0 radical (unpaired) electrons. The number of amides is 1. The van der Waals surface area contributed by atoms with Crippen LogP contribution in [0.25, 0.3) is 0 Å². The Morgan fingerprint density at radius 1 is 1.27 bits per heavy atom. The van der Waals surface area contributed by atoms with Gasteiger partial charge in [-0.2, -0.15) is 0 Å². The number of carbonyl (C=O) groups is 1. The molecule has 0 heterocycles. The minimum atomic E-state index is -0.211. The molecule has 0 bridgehead atoms. The third kappa shape index (κ3) is 4.15. The van der Waals surface area contributed by atoms with Crippen molar-refractivity contribution in [2.24, 2.45) is 0 Å². The largest absolute Gasteiger partial charge is 0.491 e. The summed E-state index contributed by atoms with van der Waals surface area (Å²) in [6.45, 7) is 4.07. The molecule has 2 rings (SSSR count). The molecule has 2 aromatic rings. The van der Waals surface area contributed by atoms with Gasteiger partial charge in [0, 0.05) is 11.3 Å². The molecule has 2 aromatic carbocycles. The maximum atomic E-state index is 12.2. The number of nitrogens with one attached hydrogen (secondary N) is 1. The van der Waals surface area contributed by atoms with Gasteiger partial charge in [0.1, 0.15) is 5.75 Å². The van der Waals surface area contributed by atoms with Gasteiger partial charge in [0.05, 0.1) is 16.8 Å². The van der Waals surface area contributed by atoms with E-state index in [-0.39, 0.29) is 12.0 Å². The Morgan fingerprint density at radius 3 is 2.55 bits per heavy atom. The molecule has 4 nitrogen and oxygen atoms in total. The molecule has 0 spiro atoms. The van der Waals surface area contributed by atoms with Gasteiger partial charge in [-0.25, -0.2) is 0 Å². The number of halogens is 1. The number of nitrogens with two attached hydrogens (primary N) is 1. The first kappa shape index (κ1) is 16.2. The summed E-state index contributed by atoms with van der Waals surface area (Å²) in [4.78, 5) is 12.2. The summed E-state index contributed by atoms with van der Waals surface area (Å²) in [7, 11) is 0. The fourth-order valence-electron chi connectivity index (χ4n) is 1.83. The molecule has 0 aromatic heterocycles. The molecule has 0 aliphatic heterocycles. The van der Waals surface area contributed by atoms with Gasteiger partial charge < -0.3 is 15.8 Å². The second-order valence-electron chi connectivity index (χ2n) is 5.05. The Balaban J connectivity index is 2.04. The van der Waals surface area contributed by atoms with E-state index in [4.69, 9.17) is 22.1 Å².